The SMILES string of the molecule is C/C=C(\CCI)c1cc(C)c(-c2cc3c(c(=O)n2C)COC(=O)C3O)nc1CCF. The fourth-order valence-corrected chi connectivity index (χ4v) is 4.32. The summed E-state index contributed by atoms with van der Waals surface area (Å²) in [5.74, 6) is -0.781. The van der Waals surface area contributed by atoms with Crippen molar-refractivity contribution in [2.24, 2.45) is 7.05 Å². The Bertz CT molecular complexity index is 1080. The number of esters is 1. The van der Waals surface area contributed by atoms with Crippen LogP contribution < -0.4 is 5.56 Å². The number of aliphatic hydroxyl groups excluding tert-OH is 1. The summed E-state index contributed by atoms with van der Waals surface area (Å²) < 4.78 is 20.6. The maximum absolute atomic E-state index is 13.3. The molecule has 0 radical (unpaired) electrons. The molecule has 3 heterocycles. The molecule has 1 atom stereocenters. The molecule has 0 fully saturated rings. The topological polar surface area (TPSA) is 81.4 Å². The van der Waals surface area contributed by atoms with Crippen molar-refractivity contribution in [3.63, 3.8) is 0 Å². The standard InChI is InChI=1S/C22H24FIN2O4/c1-4-13(6-8-24)14-9-12(2)19(25-17(14)5-7-23)18-10-15-16(21(28)26(18)3)11-30-22(29)20(15)27/h4,9-10,20,27H,5-8,11H2,1-3H3/b13-4+. The van der Waals surface area contributed by atoms with Gasteiger partial charge in [0, 0.05) is 23.5 Å². The van der Waals surface area contributed by atoms with E-state index in [4.69, 9.17) is 9.72 Å². The number of aryl methyl sites for hydroxylation is 2. The number of halogens is 2. The Morgan fingerprint density at radius 2 is 2.17 bits per heavy atom. The first-order valence-corrected chi connectivity index (χ1v) is 11.2. The van der Waals surface area contributed by atoms with Gasteiger partial charge in [0.05, 0.1) is 29.3 Å². The zero-order valence-corrected chi connectivity index (χ0v) is 19.3. The molecule has 0 bridgehead atoms. The summed E-state index contributed by atoms with van der Waals surface area (Å²) in [6.45, 7) is 3.13. The van der Waals surface area contributed by atoms with Gasteiger partial charge in [-0.25, -0.2) is 4.79 Å². The van der Waals surface area contributed by atoms with E-state index >= 15 is 0 Å². The number of carbonyl (C=O) groups excluding carboxylic acids is 1. The largest absolute Gasteiger partial charge is 0.458 e. The molecule has 2 aromatic rings. The Morgan fingerprint density at radius 1 is 1.43 bits per heavy atom. The van der Waals surface area contributed by atoms with Gasteiger partial charge in [-0.05, 0) is 49.1 Å². The van der Waals surface area contributed by atoms with Crippen LogP contribution in [-0.4, -0.2) is 31.7 Å². The average Bonchev–Trinajstić information content (AvgIpc) is 2.73. The van der Waals surface area contributed by atoms with E-state index in [9.17, 15) is 19.1 Å². The summed E-state index contributed by atoms with van der Waals surface area (Å²) >= 11 is 2.31. The molecule has 0 saturated carbocycles. The Labute approximate surface area is 187 Å². The molecular formula is C22H24FIN2O4. The summed E-state index contributed by atoms with van der Waals surface area (Å²) in [5.41, 5.74) is 4.60. The minimum Gasteiger partial charge on any atom is -0.458 e. The minimum atomic E-state index is -1.51. The molecule has 1 N–H and O–H groups in total. The highest BCUT2D eigenvalue weighted by molar-refractivity contribution is 14.1. The van der Waals surface area contributed by atoms with Crippen molar-refractivity contribution in [1.29, 1.82) is 0 Å². The summed E-state index contributed by atoms with van der Waals surface area (Å²) in [7, 11) is 1.61. The molecule has 0 aromatic carbocycles. The van der Waals surface area contributed by atoms with Crippen molar-refractivity contribution in [3.05, 3.63) is 56.5 Å². The van der Waals surface area contributed by atoms with Crippen molar-refractivity contribution >= 4 is 34.1 Å². The molecule has 1 aliphatic heterocycles. The highest BCUT2D eigenvalue weighted by Gasteiger charge is 2.31. The zero-order chi connectivity index (χ0) is 22.0. The Hall–Kier alpha value is -2.07. The normalized spacial score (nSPS) is 16.4. The van der Waals surface area contributed by atoms with Crippen molar-refractivity contribution in [2.45, 2.75) is 39.4 Å². The molecule has 8 heteroatoms. The molecule has 0 amide bonds. The van der Waals surface area contributed by atoms with E-state index in [0.717, 1.165) is 27.5 Å². The van der Waals surface area contributed by atoms with Gasteiger partial charge in [-0.15, -0.1) is 0 Å². The van der Waals surface area contributed by atoms with Crippen LogP contribution in [0.25, 0.3) is 17.0 Å². The molecule has 1 aliphatic rings. The van der Waals surface area contributed by atoms with E-state index in [0.29, 0.717) is 17.1 Å². The molecule has 30 heavy (non-hydrogen) atoms. The maximum atomic E-state index is 13.3. The molecule has 0 saturated heterocycles. The lowest BCUT2D eigenvalue weighted by molar-refractivity contribution is -0.157. The smallest absolute Gasteiger partial charge is 0.340 e. The van der Waals surface area contributed by atoms with Gasteiger partial charge in [0.15, 0.2) is 6.10 Å². The summed E-state index contributed by atoms with van der Waals surface area (Å²) in [6, 6.07) is 3.58. The number of alkyl halides is 2. The highest BCUT2D eigenvalue weighted by atomic mass is 127. The Kier molecular flexibility index (Phi) is 7.07. The van der Waals surface area contributed by atoms with Crippen LogP contribution in [-0.2, 0) is 29.6 Å². The molecule has 0 spiro atoms. The number of hydrogen-bond donors (Lipinski definition) is 1. The number of aromatic nitrogens is 2. The number of allylic oxidation sites excluding steroid dienone is 2. The summed E-state index contributed by atoms with van der Waals surface area (Å²) in [4.78, 5) is 29.4. The van der Waals surface area contributed by atoms with Crippen LogP contribution in [0.15, 0.2) is 23.0 Å². The van der Waals surface area contributed by atoms with Crippen LogP contribution in [0.3, 0.4) is 0 Å². The quantitative estimate of drug-likeness (QED) is 0.354. The highest BCUT2D eigenvalue weighted by Crippen LogP contribution is 2.32. The number of pyridine rings is 2. The second kappa shape index (κ2) is 9.38. The van der Waals surface area contributed by atoms with E-state index in [1.807, 2.05) is 26.0 Å². The lowest BCUT2D eigenvalue weighted by Gasteiger charge is -2.23. The van der Waals surface area contributed by atoms with Crippen LogP contribution in [0.5, 0.6) is 0 Å². The number of fused-ring (bicyclic) bond motifs is 1. The minimum absolute atomic E-state index is 0.162. The van der Waals surface area contributed by atoms with Crippen molar-refractivity contribution in [3.8, 4) is 11.4 Å². The molecule has 1 unspecified atom stereocenters. The zero-order valence-electron chi connectivity index (χ0n) is 17.2. The second-order valence-electron chi connectivity index (χ2n) is 7.18. The fourth-order valence-electron chi connectivity index (χ4n) is 3.74. The number of hydrogen-bond acceptors (Lipinski definition) is 5. The maximum Gasteiger partial charge on any atom is 0.340 e. The van der Waals surface area contributed by atoms with Gasteiger partial charge >= 0.3 is 5.97 Å². The van der Waals surface area contributed by atoms with Gasteiger partial charge in [-0.2, -0.15) is 0 Å². The third-order valence-electron chi connectivity index (χ3n) is 5.37. The number of carbonyl (C=O) groups is 1. The number of rotatable bonds is 6. The first kappa shape index (κ1) is 22.6. The predicted molar refractivity (Wildman–Crippen MR) is 121 cm³/mol. The Morgan fingerprint density at radius 3 is 2.80 bits per heavy atom. The van der Waals surface area contributed by atoms with Gasteiger partial charge in [-0.1, -0.05) is 28.7 Å². The predicted octanol–water partition coefficient (Wildman–Crippen LogP) is 3.59. The number of nitrogens with zero attached hydrogens (tertiary/aromatic N) is 2. The lowest BCUT2D eigenvalue weighted by atomic mass is 9.95. The van der Waals surface area contributed by atoms with Gasteiger partial charge < -0.3 is 14.4 Å². The third kappa shape index (κ3) is 4.07. The van der Waals surface area contributed by atoms with E-state index in [1.54, 1.807) is 13.1 Å². The summed E-state index contributed by atoms with van der Waals surface area (Å²) in [5, 5.41) is 10.2. The lowest BCUT2D eigenvalue weighted by Crippen LogP contribution is -2.32. The van der Waals surface area contributed by atoms with Gasteiger partial charge in [0.2, 0.25) is 0 Å². The summed E-state index contributed by atoms with van der Waals surface area (Å²) in [6.07, 6.45) is 1.52. The first-order valence-electron chi connectivity index (χ1n) is 9.69. The number of aliphatic hydroxyl groups is 1. The van der Waals surface area contributed by atoms with Crippen molar-refractivity contribution in [1.82, 2.24) is 9.55 Å². The molecule has 2 aromatic heterocycles. The molecule has 6 nitrogen and oxygen atoms in total. The number of cyclic esters (lactones) is 1. The van der Waals surface area contributed by atoms with E-state index in [2.05, 4.69) is 22.6 Å². The Balaban J connectivity index is 2.24. The van der Waals surface area contributed by atoms with Gasteiger partial charge in [0.25, 0.3) is 5.56 Å². The monoisotopic (exact) mass is 526 g/mol. The molecule has 0 aliphatic carbocycles. The van der Waals surface area contributed by atoms with Crippen LogP contribution in [0.1, 0.15) is 47.4 Å². The molecule has 3 rings (SSSR count). The van der Waals surface area contributed by atoms with Crippen molar-refractivity contribution < 1.29 is 19.0 Å². The fraction of sp³-hybridized carbons (Fsp3) is 0.409. The second-order valence-corrected chi connectivity index (χ2v) is 8.26. The first-order chi connectivity index (χ1) is 14.3. The van der Waals surface area contributed by atoms with Gasteiger partial charge in [-0.3, -0.25) is 14.2 Å². The molecular weight excluding hydrogens is 502 g/mol. The van der Waals surface area contributed by atoms with Crippen LogP contribution in [0.4, 0.5) is 4.39 Å². The molecule has 160 valence electrons. The van der Waals surface area contributed by atoms with Crippen LogP contribution in [0.2, 0.25) is 0 Å². The average molecular weight is 526 g/mol. The third-order valence-corrected chi connectivity index (χ3v) is 5.91. The van der Waals surface area contributed by atoms with Crippen molar-refractivity contribution in [2.75, 3.05) is 11.1 Å². The van der Waals surface area contributed by atoms with Crippen LogP contribution >= 0.6 is 22.6 Å². The van der Waals surface area contributed by atoms with Gasteiger partial charge in [0.1, 0.15) is 6.61 Å². The van der Waals surface area contributed by atoms with Crippen LogP contribution in [0, 0.1) is 6.92 Å². The van der Waals surface area contributed by atoms with E-state index in [-0.39, 0.29) is 29.7 Å². The van der Waals surface area contributed by atoms with E-state index in [1.165, 1.54) is 4.57 Å². The number of ether oxygens (including phenoxy) is 1. The van der Waals surface area contributed by atoms with E-state index < -0.39 is 18.7 Å².